The van der Waals surface area contributed by atoms with Crippen LogP contribution in [0.2, 0.25) is 0 Å². The molecule has 2 heterocycles. The number of nitrogens with zero attached hydrogens (tertiary/aromatic N) is 2. The molecule has 0 saturated carbocycles. The first-order valence-electron chi connectivity index (χ1n) is 19.3. The fraction of sp³-hybridized carbons (Fsp3) is 0.675. The van der Waals surface area contributed by atoms with E-state index in [-0.39, 0.29) is 58.5 Å². The van der Waals surface area contributed by atoms with Crippen LogP contribution in [0.25, 0.3) is 10.4 Å². The summed E-state index contributed by atoms with van der Waals surface area (Å²) in [6.07, 6.45) is -0.769. The Balaban J connectivity index is 1.25. The molecule has 1 fully saturated rings. The van der Waals surface area contributed by atoms with Crippen LogP contribution in [0.5, 0.6) is 0 Å². The Kier molecular flexibility index (Phi) is 20.5. The van der Waals surface area contributed by atoms with Gasteiger partial charge in [-0.3, -0.25) is 14.4 Å². The molecule has 0 aliphatic carbocycles. The number of aryl methyl sites for hydroxylation is 1. The van der Waals surface area contributed by atoms with E-state index in [1.807, 2.05) is 57.5 Å². The first-order chi connectivity index (χ1) is 27.0. The zero-order valence-corrected chi connectivity index (χ0v) is 35.3. The smallest absolute Gasteiger partial charge is 0.332 e. The third-order valence-corrected chi connectivity index (χ3v) is 9.42. The van der Waals surface area contributed by atoms with E-state index in [0.717, 1.165) is 21.7 Å². The summed E-state index contributed by atoms with van der Waals surface area (Å²) in [6, 6.07) is 6.01. The minimum absolute atomic E-state index is 0.0149. The molecule has 1 aliphatic rings. The summed E-state index contributed by atoms with van der Waals surface area (Å²) in [5.74, 6) is -1.72. The van der Waals surface area contributed by atoms with Crippen molar-refractivity contribution in [2.75, 3.05) is 85.8 Å². The molecule has 1 aromatic carbocycles. The van der Waals surface area contributed by atoms with Crippen LogP contribution in [-0.4, -0.2) is 148 Å². The SMILES string of the molecule is Cc1ncsc1-c1ccc(CNC(=O)C2CC(O)CN2C(=O)C(NC(=O)COCCOCCOCCOCCOCCOCC(=O)OC(C)(C)C)C(C)(C)C)cc1. The zero-order valence-electron chi connectivity index (χ0n) is 34.5. The van der Waals surface area contributed by atoms with Crippen LogP contribution in [0.15, 0.2) is 29.8 Å². The molecule has 0 radical (unpaired) electrons. The van der Waals surface area contributed by atoms with Gasteiger partial charge in [0.15, 0.2) is 0 Å². The molecule has 1 aromatic heterocycles. The standard InChI is InChI=1S/C40H62N4O12S/c1-28-35(57-27-42-28)30-10-8-29(9-11-30)23-41-37(48)32-22-31(45)24-44(32)38(49)36(39(2,3)4)43-33(46)25-54-20-18-52-16-14-50-12-13-51-15-17-53-19-21-55-26-34(47)56-40(5,6)7/h8-11,27,31-32,36,45H,12-26H2,1-7H3,(H,41,48)(H,43,46). The zero-order chi connectivity index (χ0) is 41.8. The fourth-order valence-corrected chi connectivity index (χ4v) is 6.48. The molecule has 320 valence electrons. The predicted molar refractivity (Wildman–Crippen MR) is 212 cm³/mol. The van der Waals surface area contributed by atoms with Gasteiger partial charge in [-0.25, -0.2) is 9.78 Å². The van der Waals surface area contributed by atoms with Gasteiger partial charge in [0, 0.05) is 19.5 Å². The van der Waals surface area contributed by atoms with Gasteiger partial charge in [0.2, 0.25) is 17.7 Å². The van der Waals surface area contributed by atoms with E-state index in [9.17, 15) is 24.3 Å². The second-order valence-electron chi connectivity index (χ2n) is 15.6. The number of carbonyl (C=O) groups is 4. The van der Waals surface area contributed by atoms with E-state index in [0.29, 0.717) is 46.2 Å². The summed E-state index contributed by atoms with van der Waals surface area (Å²) >= 11 is 1.57. The Morgan fingerprint density at radius 2 is 1.35 bits per heavy atom. The Bertz CT molecular complexity index is 1530. The Morgan fingerprint density at radius 3 is 1.84 bits per heavy atom. The van der Waals surface area contributed by atoms with Gasteiger partial charge >= 0.3 is 5.97 Å². The lowest BCUT2D eigenvalue weighted by molar-refractivity contribution is -0.160. The van der Waals surface area contributed by atoms with Crippen molar-refractivity contribution >= 4 is 35.0 Å². The quantitative estimate of drug-likeness (QED) is 0.0979. The van der Waals surface area contributed by atoms with Gasteiger partial charge in [-0.2, -0.15) is 0 Å². The Labute approximate surface area is 340 Å². The number of β-amino-alcohol motifs (C(OH)–C–C–N with tert-alkyl or cyclic N) is 1. The number of benzene rings is 1. The van der Waals surface area contributed by atoms with Crippen molar-refractivity contribution in [3.8, 4) is 10.4 Å². The number of likely N-dealkylation sites (tertiary alicyclic amines) is 1. The van der Waals surface area contributed by atoms with Gasteiger partial charge in [-0.15, -0.1) is 11.3 Å². The van der Waals surface area contributed by atoms with Crippen LogP contribution in [-0.2, 0) is 58.9 Å². The Morgan fingerprint density at radius 1 is 0.825 bits per heavy atom. The molecule has 1 saturated heterocycles. The molecule has 0 spiro atoms. The number of aliphatic hydroxyl groups excluding tert-OH is 1. The van der Waals surface area contributed by atoms with Crippen LogP contribution in [0.1, 0.15) is 59.2 Å². The van der Waals surface area contributed by atoms with E-state index in [4.69, 9.17) is 33.2 Å². The second-order valence-corrected chi connectivity index (χ2v) is 16.4. The maximum Gasteiger partial charge on any atom is 0.332 e. The lowest BCUT2D eigenvalue weighted by Gasteiger charge is -2.35. The Hall–Kier alpha value is -3.55. The maximum atomic E-state index is 13.8. The molecule has 16 nitrogen and oxygen atoms in total. The van der Waals surface area contributed by atoms with Crippen LogP contribution < -0.4 is 10.6 Å². The van der Waals surface area contributed by atoms with Crippen molar-refractivity contribution in [2.24, 2.45) is 5.41 Å². The molecule has 17 heteroatoms. The first kappa shape index (κ1) is 47.8. The van der Waals surface area contributed by atoms with E-state index < -0.39 is 47.0 Å². The summed E-state index contributed by atoms with van der Waals surface area (Å²) in [5.41, 5.74) is 3.48. The van der Waals surface area contributed by atoms with E-state index >= 15 is 0 Å². The van der Waals surface area contributed by atoms with Gasteiger partial charge in [-0.05, 0) is 44.2 Å². The molecule has 3 unspecified atom stereocenters. The number of ether oxygens (including phenoxy) is 7. The molecule has 3 atom stereocenters. The molecular weight excluding hydrogens is 761 g/mol. The molecule has 3 amide bonds. The van der Waals surface area contributed by atoms with Crippen LogP contribution >= 0.6 is 11.3 Å². The number of nitrogens with one attached hydrogen (secondary N) is 2. The summed E-state index contributed by atoms with van der Waals surface area (Å²) in [6.45, 7) is 15.9. The van der Waals surface area contributed by atoms with Crippen LogP contribution in [0.4, 0.5) is 0 Å². The largest absolute Gasteiger partial charge is 0.458 e. The van der Waals surface area contributed by atoms with E-state index in [1.165, 1.54) is 4.90 Å². The number of aliphatic hydroxyl groups is 1. The monoisotopic (exact) mass is 822 g/mol. The summed E-state index contributed by atoms with van der Waals surface area (Å²) < 4.78 is 37.7. The molecule has 57 heavy (non-hydrogen) atoms. The lowest BCUT2D eigenvalue weighted by atomic mass is 9.85. The van der Waals surface area contributed by atoms with Gasteiger partial charge in [0.25, 0.3) is 0 Å². The summed E-state index contributed by atoms with van der Waals surface area (Å²) in [5, 5.41) is 16.2. The molecule has 1 aliphatic heterocycles. The minimum atomic E-state index is -0.960. The van der Waals surface area contributed by atoms with Gasteiger partial charge in [-0.1, -0.05) is 45.0 Å². The molecule has 3 N–H and O–H groups in total. The number of esters is 1. The highest BCUT2D eigenvalue weighted by Gasteiger charge is 2.44. The van der Waals surface area contributed by atoms with Crippen molar-refractivity contribution in [1.29, 1.82) is 0 Å². The van der Waals surface area contributed by atoms with E-state index in [2.05, 4.69) is 15.6 Å². The number of rotatable bonds is 25. The lowest BCUT2D eigenvalue weighted by Crippen LogP contribution is -2.58. The van der Waals surface area contributed by atoms with Gasteiger partial charge in [0.1, 0.15) is 30.9 Å². The highest BCUT2D eigenvalue weighted by molar-refractivity contribution is 7.13. The minimum Gasteiger partial charge on any atom is -0.458 e. The van der Waals surface area contributed by atoms with Gasteiger partial charge < -0.3 is 53.8 Å². The normalized spacial score (nSPS) is 16.4. The fourth-order valence-electron chi connectivity index (χ4n) is 5.67. The van der Waals surface area contributed by atoms with Crippen LogP contribution in [0, 0.1) is 12.3 Å². The number of hydrogen-bond acceptors (Lipinski definition) is 14. The summed E-state index contributed by atoms with van der Waals surface area (Å²) in [4.78, 5) is 58.3. The maximum absolute atomic E-state index is 13.8. The molecule has 0 bridgehead atoms. The number of amides is 3. The third-order valence-electron chi connectivity index (χ3n) is 8.44. The number of carbonyl (C=O) groups excluding carboxylic acids is 4. The van der Waals surface area contributed by atoms with Crippen molar-refractivity contribution in [1.82, 2.24) is 20.5 Å². The topological polar surface area (TPSA) is 193 Å². The highest BCUT2D eigenvalue weighted by Crippen LogP contribution is 2.28. The number of thiazole rings is 1. The highest BCUT2D eigenvalue weighted by atomic mass is 32.1. The second kappa shape index (κ2) is 24.4. The van der Waals surface area contributed by atoms with Crippen molar-refractivity contribution in [2.45, 2.75) is 85.2 Å². The average Bonchev–Trinajstić information content (AvgIpc) is 3.76. The van der Waals surface area contributed by atoms with Gasteiger partial charge in [0.05, 0.1) is 88.3 Å². The summed E-state index contributed by atoms with van der Waals surface area (Å²) in [7, 11) is 0. The van der Waals surface area contributed by atoms with Crippen molar-refractivity contribution < 1.29 is 57.4 Å². The molecular formula is C40H62N4O12S. The number of hydrogen-bond donors (Lipinski definition) is 3. The number of aromatic nitrogens is 1. The van der Waals surface area contributed by atoms with Crippen molar-refractivity contribution in [3.05, 3.63) is 41.0 Å². The van der Waals surface area contributed by atoms with E-state index in [1.54, 1.807) is 32.1 Å². The molecule has 2 aromatic rings. The third kappa shape index (κ3) is 18.3. The molecule has 3 rings (SSSR count). The predicted octanol–water partition coefficient (Wildman–Crippen LogP) is 2.67. The van der Waals surface area contributed by atoms with Crippen molar-refractivity contribution in [3.63, 3.8) is 0 Å². The first-order valence-corrected chi connectivity index (χ1v) is 20.2. The average molecular weight is 823 g/mol. The van der Waals surface area contributed by atoms with Crippen LogP contribution in [0.3, 0.4) is 0 Å².